The van der Waals surface area contributed by atoms with Crippen LogP contribution in [0.25, 0.3) is 0 Å². The van der Waals surface area contributed by atoms with E-state index in [0.29, 0.717) is 11.4 Å². The molecule has 0 unspecified atom stereocenters. The van der Waals surface area contributed by atoms with Crippen LogP contribution < -0.4 is 22.1 Å². The van der Waals surface area contributed by atoms with Gasteiger partial charge in [-0.1, -0.05) is 0 Å². The fourth-order valence-electron chi connectivity index (χ4n) is 1.04. The van der Waals surface area contributed by atoms with E-state index in [0.717, 1.165) is 0 Å². The largest absolute Gasteiger partial charge is 0.351 e. The number of anilines is 2. The molecule has 1 aromatic carbocycles. The van der Waals surface area contributed by atoms with Crippen LogP contribution in [0.5, 0.6) is 0 Å². The van der Waals surface area contributed by atoms with Crippen LogP contribution in [-0.4, -0.2) is 18.0 Å². The first kappa shape index (κ1) is 12.0. The molecule has 0 spiro atoms. The maximum absolute atomic E-state index is 11.2. The van der Waals surface area contributed by atoms with Crippen molar-refractivity contribution in [3.05, 3.63) is 24.3 Å². The van der Waals surface area contributed by atoms with Crippen molar-refractivity contribution in [3.8, 4) is 0 Å². The van der Waals surface area contributed by atoms with Gasteiger partial charge in [0.15, 0.2) is 0 Å². The molecule has 0 aliphatic heterocycles. The molecule has 0 aromatic heterocycles. The lowest BCUT2D eigenvalue weighted by Gasteiger charge is -2.08. The molecule has 0 heterocycles. The number of hydrogen-bond acceptors (Lipinski definition) is 3. The van der Waals surface area contributed by atoms with Crippen molar-refractivity contribution in [2.75, 3.05) is 10.6 Å². The van der Waals surface area contributed by atoms with E-state index in [1.807, 2.05) is 0 Å². The Morgan fingerprint density at radius 3 is 1.94 bits per heavy atom. The number of amides is 3. The maximum atomic E-state index is 11.2. The molecule has 1 atom stereocenters. The monoisotopic (exact) mass is 222 g/mol. The van der Waals surface area contributed by atoms with Gasteiger partial charge in [0.2, 0.25) is 5.91 Å². The molecule has 6 N–H and O–H groups in total. The van der Waals surface area contributed by atoms with E-state index in [-0.39, 0.29) is 5.91 Å². The van der Waals surface area contributed by atoms with Gasteiger partial charge < -0.3 is 22.1 Å². The lowest BCUT2D eigenvalue weighted by Crippen LogP contribution is -2.32. The van der Waals surface area contributed by atoms with Crippen LogP contribution in [0.15, 0.2) is 24.3 Å². The van der Waals surface area contributed by atoms with Crippen molar-refractivity contribution < 1.29 is 9.59 Å². The highest BCUT2D eigenvalue weighted by Gasteiger charge is 2.06. The van der Waals surface area contributed by atoms with Crippen LogP contribution in [0.2, 0.25) is 0 Å². The summed E-state index contributed by atoms with van der Waals surface area (Å²) in [6, 6.07) is 5.34. The fourth-order valence-corrected chi connectivity index (χ4v) is 1.04. The molecule has 1 rings (SSSR count). The first-order valence-electron chi connectivity index (χ1n) is 4.72. The number of benzene rings is 1. The van der Waals surface area contributed by atoms with E-state index >= 15 is 0 Å². The molecule has 3 amide bonds. The van der Waals surface area contributed by atoms with Gasteiger partial charge in [0.1, 0.15) is 0 Å². The Hall–Kier alpha value is -2.08. The molecule has 6 nitrogen and oxygen atoms in total. The minimum absolute atomic E-state index is 0.268. The number of carbonyl (C=O) groups excluding carboxylic acids is 2. The molecule has 0 saturated heterocycles. The number of rotatable bonds is 3. The second-order valence-corrected chi connectivity index (χ2v) is 3.34. The zero-order valence-corrected chi connectivity index (χ0v) is 8.86. The Balaban J connectivity index is 2.64. The van der Waals surface area contributed by atoms with Crippen molar-refractivity contribution >= 4 is 23.3 Å². The third kappa shape index (κ3) is 3.58. The molecule has 0 aliphatic carbocycles. The molecular weight excluding hydrogens is 208 g/mol. The van der Waals surface area contributed by atoms with E-state index < -0.39 is 12.1 Å². The molecule has 86 valence electrons. The third-order valence-electron chi connectivity index (χ3n) is 1.83. The van der Waals surface area contributed by atoms with Crippen molar-refractivity contribution in [1.29, 1.82) is 0 Å². The molecule has 6 heteroatoms. The van der Waals surface area contributed by atoms with E-state index in [2.05, 4.69) is 10.6 Å². The molecule has 0 fully saturated rings. The summed E-state index contributed by atoms with van der Waals surface area (Å²) in [6.45, 7) is 1.60. The van der Waals surface area contributed by atoms with Gasteiger partial charge in [-0.15, -0.1) is 0 Å². The standard InChI is InChI=1S/C10H14N4O2/c1-6(11)9(15)13-7-2-4-8(5-3-7)14-10(12)16/h2-6H,11H2,1H3,(H,13,15)(H3,12,14,16)/t6-/m0/s1. The van der Waals surface area contributed by atoms with Crippen LogP contribution in [0.1, 0.15) is 6.92 Å². The van der Waals surface area contributed by atoms with Gasteiger partial charge in [-0.2, -0.15) is 0 Å². The Labute approximate surface area is 93.0 Å². The number of primary amides is 1. The topological polar surface area (TPSA) is 110 Å². The summed E-state index contributed by atoms with van der Waals surface area (Å²) in [4.78, 5) is 21.8. The summed E-state index contributed by atoms with van der Waals surface area (Å²) >= 11 is 0. The minimum Gasteiger partial charge on any atom is -0.351 e. The van der Waals surface area contributed by atoms with Crippen molar-refractivity contribution in [2.45, 2.75) is 13.0 Å². The Morgan fingerprint density at radius 2 is 1.56 bits per heavy atom. The van der Waals surface area contributed by atoms with E-state index in [4.69, 9.17) is 11.5 Å². The first-order valence-corrected chi connectivity index (χ1v) is 4.72. The minimum atomic E-state index is -0.632. The summed E-state index contributed by atoms with van der Waals surface area (Å²) in [7, 11) is 0. The number of nitrogens with two attached hydrogens (primary N) is 2. The van der Waals surface area contributed by atoms with Crippen molar-refractivity contribution in [2.24, 2.45) is 11.5 Å². The third-order valence-corrected chi connectivity index (χ3v) is 1.83. The maximum Gasteiger partial charge on any atom is 0.316 e. The van der Waals surface area contributed by atoms with Gasteiger partial charge >= 0.3 is 6.03 Å². The zero-order chi connectivity index (χ0) is 12.1. The molecular formula is C10H14N4O2. The Morgan fingerprint density at radius 1 is 1.12 bits per heavy atom. The molecule has 0 saturated carbocycles. The van der Waals surface area contributed by atoms with Gasteiger partial charge in [0, 0.05) is 11.4 Å². The average Bonchev–Trinajstić information content (AvgIpc) is 2.20. The molecule has 0 aliphatic rings. The number of nitrogens with one attached hydrogen (secondary N) is 2. The van der Waals surface area contributed by atoms with Crippen molar-refractivity contribution in [1.82, 2.24) is 0 Å². The summed E-state index contributed by atoms with van der Waals surface area (Å²) in [6.07, 6.45) is 0. The highest BCUT2D eigenvalue weighted by molar-refractivity contribution is 5.94. The lowest BCUT2D eigenvalue weighted by atomic mass is 10.2. The van der Waals surface area contributed by atoms with Crippen LogP contribution in [-0.2, 0) is 4.79 Å². The Kier molecular flexibility index (Phi) is 3.84. The van der Waals surface area contributed by atoms with Crippen LogP contribution in [0, 0.1) is 0 Å². The second kappa shape index (κ2) is 5.13. The fraction of sp³-hybridized carbons (Fsp3) is 0.200. The smallest absolute Gasteiger partial charge is 0.316 e. The highest BCUT2D eigenvalue weighted by Crippen LogP contribution is 2.13. The molecule has 1 aromatic rings. The average molecular weight is 222 g/mol. The van der Waals surface area contributed by atoms with Crippen LogP contribution in [0.3, 0.4) is 0 Å². The van der Waals surface area contributed by atoms with E-state index in [9.17, 15) is 9.59 Å². The molecule has 0 bridgehead atoms. The van der Waals surface area contributed by atoms with Gasteiger partial charge in [0.05, 0.1) is 6.04 Å². The zero-order valence-electron chi connectivity index (χ0n) is 8.86. The van der Waals surface area contributed by atoms with Gasteiger partial charge in [0.25, 0.3) is 0 Å². The predicted molar refractivity (Wildman–Crippen MR) is 61.9 cm³/mol. The first-order chi connectivity index (χ1) is 7.49. The van der Waals surface area contributed by atoms with Crippen molar-refractivity contribution in [3.63, 3.8) is 0 Å². The number of hydrogen-bond donors (Lipinski definition) is 4. The highest BCUT2D eigenvalue weighted by atomic mass is 16.2. The SMILES string of the molecule is C[C@H](N)C(=O)Nc1ccc(NC(N)=O)cc1. The van der Waals surface area contributed by atoms with Gasteiger partial charge in [-0.25, -0.2) is 4.79 Å². The second-order valence-electron chi connectivity index (χ2n) is 3.34. The summed E-state index contributed by atoms with van der Waals surface area (Å²) in [5.74, 6) is -0.268. The number of urea groups is 1. The molecule has 0 radical (unpaired) electrons. The number of carbonyl (C=O) groups is 2. The molecule has 16 heavy (non-hydrogen) atoms. The van der Waals surface area contributed by atoms with Crippen LogP contribution >= 0.6 is 0 Å². The quantitative estimate of drug-likeness (QED) is 0.596. The normalized spacial score (nSPS) is 11.6. The van der Waals surface area contributed by atoms with Crippen LogP contribution in [0.4, 0.5) is 16.2 Å². The van der Waals surface area contributed by atoms with Gasteiger partial charge in [-0.3, -0.25) is 4.79 Å². The summed E-state index contributed by atoms with van der Waals surface area (Å²) in [5, 5.41) is 5.02. The predicted octanol–water partition coefficient (Wildman–Crippen LogP) is 0.463. The van der Waals surface area contributed by atoms with E-state index in [1.54, 1.807) is 31.2 Å². The van der Waals surface area contributed by atoms with Gasteiger partial charge in [-0.05, 0) is 31.2 Å². The summed E-state index contributed by atoms with van der Waals surface area (Å²) in [5.41, 5.74) is 11.5. The summed E-state index contributed by atoms with van der Waals surface area (Å²) < 4.78 is 0. The van der Waals surface area contributed by atoms with E-state index in [1.165, 1.54) is 0 Å². The Bertz CT molecular complexity index is 386. The lowest BCUT2D eigenvalue weighted by molar-refractivity contribution is -0.117.